The molecule has 0 spiro atoms. The number of guanidine groups is 1. The van der Waals surface area contributed by atoms with E-state index in [4.69, 9.17) is 4.74 Å². The zero-order chi connectivity index (χ0) is 21.2. The van der Waals surface area contributed by atoms with Crippen molar-refractivity contribution in [3.8, 4) is 5.75 Å². The zero-order valence-electron chi connectivity index (χ0n) is 18.1. The number of halogens is 1. The summed E-state index contributed by atoms with van der Waals surface area (Å²) < 4.78 is 5.17. The second-order valence-corrected chi connectivity index (χ2v) is 7.16. The molecule has 1 heterocycles. The Bertz CT molecular complexity index is 847. The van der Waals surface area contributed by atoms with Crippen molar-refractivity contribution in [1.82, 2.24) is 16.0 Å². The van der Waals surface area contributed by atoms with Gasteiger partial charge in [0.15, 0.2) is 5.96 Å². The molecule has 1 unspecified atom stereocenters. The third-order valence-electron chi connectivity index (χ3n) is 4.99. The van der Waals surface area contributed by atoms with Crippen LogP contribution in [0.1, 0.15) is 23.7 Å². The number of ether oxygens (including phenoxy) is 1. The van der Waals surface area contributed by atoms with Crippen molar-refractivity contribution < 1.29 is 9.53 Å². The molecule has 8 heteroatoms. The quantitative estimate of drug-likeness (QED) is 0.209. The van der Waals surface area contributed by atoms with Crippen molar-refractivity contribution in [2.45, 2.75) is 19.4 Å². The van der Waals surface area contributed by atoms with Crippen LogP contribution in [0.5, 0.6) is 5.75 Å². The summed E-state index contributed by atoms with van der Waals surface area (Å²) >= 11 is 0. The van der Waals surface area contributed by atoms with Crippen LogP contribution >= 0.6 is 24.0 Å². The van der Waals surface area contributed by atoms with Gasteiger partial charge < -0.3 is 25.6 Å². The standard InChI is InChI=1S/C23H31N5O2.HI/c1-3-24-23(27-19-12-15-28(17-19)20-9-5-4-6-10-20)26-14-13-25-22(29)18-8-7-11-21(16-18)30-2;/h4-11,16,19H,3,12-15,17H2,1-2H3,(H,25,29)(H2,24,26,27);1H. The predicted molar refractivity (Wildman–Crippen MR) is 137 cm³/mol. The molecule has 0 radical (unpaired) electrons. The van der Waals surface area contributed by atoms with E-state index in [1.165, 1.54) is 5.69 Å². The van der Waals surface area contributed by atoms with Gasteiger partial charge in [-0.3, -0.25) is 9.79 Å². The van der Waals surface area contributed by atoms with E-state index in [0.717, 1.165) is 32.0 Å². The van der Waals surface area contributed by atoms with Gasteiger partial charge in [0, 0.05) is 43.5 Å². The van der Waals surface area contributed by atoms with Crippen LogP contribution in [0.15, 0.2) is 59.6 Å². The molecule has 0 aromatic heterocycles. The van der Waals surface area contributed by atoms with E-state index in [1.807, 2.05) is 19.1 Å². The third kappa shape index (κ3) is 7.61. The molecule has 0 saturated carbocycles. The molecule has 1 amide bonds. The summed E-state index contributed by atoms with van der Waals surface area (Å²) in [6.07, 6.45) is 1.06. The molecule has 1 saturated heterocycles. The number of rotatable bonds is 8. The number of methoxy groups -OCH3 is 1. The third-order valence-corrected chi connectivity index (χ3v) is 4.99. The maximum atomic E-state index is 12.3. The van der Waals surface area contributed by atoms with Crippen molar-refractivity contribution in [2.24, 2.45) is 4.99 Å². The highest BCUT2D eigenvalue weighted by molar-refractivity contribution is 14.0. The number of aliphatic imine (C=N–C) groups is 1. The highest BCUT2D eigenvalue weighted by atomic mass is 127. The highest BCUT2D eigenvalue weighted by Gasteiger charge is 2.23. The number of amides is 1. The fraction of sp³-hybridized carbons (Fsp3) is 0.391. The monoisotopic (exact) mass is 537 g/mol. The van der Waals surface area contributed by atoms with Crippen molar-refractivity contribution in [3.63, 3.8) is 0 Å². The molecule has 1 atom stereocenters. The average molecular weight is 537 g/mol. The molecule has 1 aliphatic heterocycles. The minimum Gasteiger partial charge on any atom is -0.497 e. The fourth-order valence-electron chi connectivity index (χ4n) is 3.47. The number of nitrogens with zero attached hydrogens (tertiary/aromatic N) is 2. The van der Waals surface area contributed by atoms with Crippen molar-refractivity contribution in [2.75, 3.05) is 44.7 Å². The Hall–Kier alpha value is -2.49. The topological polar surface area (TPSA) is 78.0 Å². The highest BCUT2D eigenvalue weighted by Crippen LogP contribution is 2.19. The van der Waals surface area contributed by atoms with Crippen LogP contribution in [0, 0.1) is 0 Å². The van der Waals surface area contributed by atoms with Crippen LogP contribution in [-0.2, 0) is 0 Å². The number of para-hydroxylation sites is 1. The molecule has 0 aliphatic carbocycles. The van der Waals surface area contributed by atoms with Crippen molar-refractivity contribution in [3.05, 3.63) is 60.2 Å². The summed E-state index contributed by atoms with van der Waals surface area (Å²) in [5.74, 6) is 1.32. The lowest BCUT2D eigenvalue weighted by atomic mass is 10.2. The van der Waals surface area contributed by atoms with E-state index in [2.05, 4.69) is 50.1 Å². The predicted octanol–water partition coefficient (Wildman–Crippen LogP) is 2.88. The van der Waals surface area contributed by atoms with Gasteiger partial charge in [0.2, 0.25) is 0 Å². The first-order valence-corrected chi connectivity index (χ1v) is 10.5. The molecular weight excluding hydrogens is 505 g/mol. The molecular formula is C23H32IN5O2. The molecule has 1 fully saturated rings. The van der Waals surface area contributed by atoms with Gasteiger partial charge in [-0.2, -0.15) is 0 Å². The summed E-state index contributed by atoms with van der Waals surface area (Å²) in [5.41, 5.74) is 1.83. The Kier molecular flexibility index (Phi) is 10.4. The maximum Gasteiger partial charge on any atom is 0.251 e. The Balaban J connectivity index is 0.00000341. The maximum absolute atomic E-state index is 12.3. The van der Waals surface area contributed by atoms with Crippen LogP contribution in [0.3, 0.4) is 0 Å². The molecule has 3 rings (SSSR count). The van der Waals surface area contributed by atoms with Gasteiger partial charge >= 0.3 is 0 Å². The first kappa shape index (κ1) is 24.8. The Morgan fingerprint density at radius 1 is 1.16 bits per heavy atom. The summed E-state index contributed by atoms with van der Waals surface area (Å²) in [7, 11) is 1.59. The molecule has 2 aromatic rings. The Morgan fingerprint density at radius 3 is 2.71 bits per heavy atom. The summed E-state index contributed by atoms with van der Waals surface area (Å²) in [4.78, 5) is 19.3. The van der Waals surface area contributed by atoms with Crippen LogP contribution in [-0.4, -0.2) is 57.7 Å². The zero-order valence-corrected chi connectivity index (χ0v) is 20.5. The molecule has 1 aliphatic rings. The van der Waals surface area contributed by atoms with Crippen LogP contribution < -0.4 is 25.6 Å². The van der Waals surface area contributed by atoms with Crippen LogP contribution in [0.25, 0.3) is 0 Å². The Labute approximate surface area is 201 Å². The minimum absolute atomic E-state index is 0. The number of carbonyl (C=O) groups is 1. The first-order chi connectivity index (χ1) is 14.7. The van der Waals surface area contributed by atoms with E-state index >= 15 is 0 Å². The van der Waals surface area contributed by atoms with E-state index in [0.29, 0.717) is 30.4 Å². The summed E-state index contributed by atoms with van der Waals surface area (Å²) in [6, 6.07) is 17.9. The van der Waals surface area contributed by atoms with Crippen molar-refractivity contribution in [1.29, 1.82) is 0 Å². The van der Waals surface area contributed by atoms with Gasteiger partial charge in [-0.05, 0) is 43.7 Å². The number of nitrogens with one attached hydrogen (secondary N) is 3. The summed E-state index contributed by atoms with van der Waals surface area (Å²) in [5, 5.41) is 9.71. The molecule has 0 bridgehead atoms. The SMILES string of the molecule is CCNC(=NCCNC(=O)c1cccc(OC)c1)NC1CCN(c2ccccc2)C1.I. The molecule has 2 aromatic carbocycles. The van der Waals surface area contributed by atoms with E-state index in [-0.39, 0.29) is 29.9 Å². The van der Waals surface area contributed by atoms with Gasteiger partial charge in [0.25, 0.3) is 5.91 Å². The number of benzene rings is 2. The largest absolute Gasteiger partial charge is 0.497 e. The molecule has 3 N–H and O–H groups in total. The second-order valence-electron chi connectivity index (χ2n) is 7.16. The van der Waals surface area contributed by atoms with E-state index in [1.54, 1.807) is 25.3 Å². The second kappa shape index (κ2) is 13.0. The van der Waals surface area contributed by atoms with Gasteiger partial charge in [-0.25, -0.2) is 0 Å². The lowest BCUT2D eigenvalue weighted by molar-refractivity contribution is 0.0954. The van der Waals surface area contributed by atoms with E-state index < -0.39 is 0 Å². The van der Waals surface area contributed by atoms with E-state index in [9.17, 15) is 4.79 Å². The molecule has 31 heavy (non-hydrogen) atoms. The molecule has 168 valence electrons. The minimum atomic E-state index is -0.128. The van der Waals surface area contributed by atoms with Gasteiger partial charge in [-0.1, -0.05) is 24.3 Å². The average Bonchev–Trinajstić information content (AvgIpc) is 3.26. The Morgan fingerprint density at radius 2 is 1.97 bits per heavy atom. The normalized spacial score (nSPS) is 15.7. The smallest absolute Gasteiger partial charge is 0.251 e. The first-order valence-electron chi connectivity index (χ1n) is 10.5. The molecule has 7 nitrogen and oxygen atoms in total. The lowest BCUT2D eigenvalue weighted by Gasteiger charge is -2.20. The number of anilines is 1. The van der Waals surface area contributed by atoms with Gasteiger partial charge in [-0.15, -0.1) is 24.0 Å². The fourth-order valence-corrected chi connectivity index (χ4v) is 3.47. The number of hydrogen-bond acceptors (Lipinski definition) is 4. The lowest BCUT2D eigenvalue weighted by Crippen LogP contribution is -2.45. The van der Waals surface area contributed by atoms with Crippen molar-refractivity contribution >= 4 is 41.5 Å². The number of carbonyl (C=O) groups excluding carboxylic acids is 1. The summed E-state index contributed by atoms with van der Waals surface area (Å²) in [6.45, 7) is 5.77. The van der Waals surface area contributed by atoms with Crippen LogP contribution in [0.2, 0.25) is 0 Å². The number of hydrogen-bond donors (Lipinski definition) is 3. The van der Waals surface area contributed by atoms with Crippen LogP contribution in [0.4, 0.5) is 5.69 Å². The van der Waals surface area contributed by atoms with Gasteiger partial charge in [0.05, 0.1) is 13.7 Å². The van der Waals surface area contributed by atoms with Gasteiger partial charge in [0.1, 0.15) is 5.75 Å².